The highest BCUT2D eigenvalue weighted by atomic mass is 16.5. The molecular formula is C15H22N2O2. The van der Waals surface area contributed by atoms with Crippen molar-refractivity contribution in [2.45, 2.75) is 25.3 Å². The van der Waals surface area contributed by atoms with E-state index in [9.17, 15) is 4.79 Å². The van der Waals surface area contributed by atoms with E-state index in [-0.39, 0.29) is 5.91 Å². The van der Waals surface area contributed by atoms with E-state index in [1.165, 1.54) is 12.8 Å². The molecule has 19 heavy (non-hydrogen) atoms. The van der Waals surface area contributed by atoms with Gasteiger partial charge in [-0.05, 0) is 30.7 Å². The van der Waals surface area contributed by atoms with E-state index in [1.54, 1.807) is 0 Å². The molecule has 0 aromatic heterocycles. The Kier molecular flexibility index (Phi) is 5.36. The van der Waals surface area contributed by atoms with Crippen molar-refractivity contribution < 1.29 is 9.53 Å². The van der Waals surface area contributed by atoms with Gasteiger partial charge < -0.3 is 15.8 Å². The number of hydrogen-bond donors (Lipinski definition) is 2. The van der Waals surface area contributed by atoms with Gasteiger partial charge in [0.15, 0.2) is 0 Å². The summed E-state index contributed by atoms with van der Waals surface area (Å²) in [5, 5.41) is 2.84. The largest absolute Gasteiger partial charge is 0.381 e. The van der Waals surface area contributed by atoms with Crippen LogP contribution in [-0.2, 0) is 9.53 Å². The maximum absolute atomic E-state index is 11.8. The molecule has 2 rings (SSSR count). The van der Waals surface area contributed by atoms with Gasteiger partial charge >= 0.3 is 0 Å². The molecule has 1 amide bonds. The number of nitrogens with two attached hydrogens (primary N) is 1. The fourth-order valence-corrected chi connectivity index (χ4v) is 1.84. The lowest BCUT2D eigenvalue weighted by molar-refractivity contribution is -0.122. The summed E-state index contributed by atoms with van der Waals surface area (Å²) in [5.74, 6) is 0.662. The van der Waals surface area contributed by atoms with Crippen molar-refractivity contribution in [3.05, 3.63) is 35.9 Å². The number of nitrogens with one attached hydrogen (secondary N) is 1. The van der Waals surface area contributed by atoms with Crippen LogP contribution in [0.25, 0.3) is 0 Å². The minimum absolute atomic E-state index is 0.131. The van der Waals surface area contributed by atoms with Gasteiger partial charge in [-0.15, -0.1) is 0 Å². The van der Waals surface area contributed by atoms with Gasteiger partial charge in [0, 0.05) is 19.8 Å². The number of carbonyl (C=O) groups is 1. The normalized spacial score (nSPS) is 16.1. The van der Waals surface area contributed by atoms with Crippen molar-refractivity contribution in [3.63, 3.8) is 0 Å². The highest BCUT2D eigenvalue weighted by molar-refractivity contribution is 5.82. The van der Waals surface area contributed by atoms with Crippen molar-refractivity contribution in [3.8, 4) is 0 Å². The second-order valence-corrected chi connectivity index (χ2v) is 5.05. The summed E-state index contributed by atoms with van der Waals surface area (Å²) >= 11 is 0. The van der Waals surface area contributed by atoms with Crippen LogP contribution in [0.4, 0.5) is 0 Å². The average molecular weight is 262 g/mol. The molecule has 4 nitrogen and oxygen atoms in total. The monoisotopic (exact) mass is 262 g/mol. The lowest BCUT2D eigenvalue weighted by Gasteiger charge is -2.12. The lowest BCUT2D eigenvalue weighted by Crippen LogP contribution is -2.34. The Labute approximate surface area is 114 Å². The molecule has 0 aliphatic heterocycles. The topological polar surface area (TPSA) is 64.4 Å². The zero-order valence-corrected chi connectivity index (χ0v) is 11.2. The third-order valence-corrected chi connectivity index (χ3v) is 3.26. The van der Waals surface area contributed by atoms with Crippen molar-refractivity contribution >= 4 is 5.91 Å². The van der Waals surface area contributed by atoms with Gasteiger partial charge in [0.25, 0.3) is 0 Å². The predicted molar refractivity (Wildman–Crippen MR) is 74.5 cm³/mol. The molecule has 1 saturated carbocycles. The van der Waals surface area contributed by atoms with E-state index in [1.807, 2.05) is 30.3 Å². The molecule has 4 heteroatoms. The molecule has 1 aromatic carbocycles. The predicted octanol–water partition coefficient (Wildman–Crippen LogP) is 1.62. The van der Waals surface area contributed by atoms with Crippen molar-refractivity contribution in [1.82, 2.24) is 5.32 Å². The summed E-state index contributed by atoms with van der Waals surface area (Å²) < 4.78 is 5.50. The quantitative estimate of drug-likeness (QED) is 0.700. The molecule has 1 aliphatic rings. The van der Waals surface area contributed by atoms with Crippen LogP contribution < -0.4 is 11.1 Å². The average Bonchev–Trinajstić information content (AvgIpc) is 3.26. The van der Waals surface area contributed by atoms with Crippen molar-refractivity contribution in [2.75, 3.05) is 19.8 Å². The van der Waals surface area contributed by atoms with Crippen molar-refractivity contribution in [2.24, 2.45) is 11.7 Å². The van der Waals surface area contributed by atoms with Crippen LogP contribution in [0.15, 0.2) is 30.3 Å². The molecule has 1 atom stereocenters. The Morgan fingerprint density at radius 2 is 2.11 bits per heavy atom. The van der Waals surface area contributed by atoms with Gasteiger partial charge in [0.1, 0.15) is 6.04 Å². The molecule has 1 aliphatic carbocycles. The molecule has 1 aromatic rings. The van der Waals surface area contributed by atoms with Crippen LogP contribution in [0, 0.1) is 5.92 Å². The zero-order valence-electron chi connectivity index (χ0n) is 11.2. The minimum Gasteiger partial charge on any atom is -0.381 e. The van der Waals surface area contributed by atoms with Gasteiger partial charge in [0.2, 0.25) is 5.91 Å². The molecule has 1 fully saturated rings. The summed E-state index contributed by atoms with van der Waals surface area (Å²) in [7, 11) is 0. The van der Waals surface area contributed by atoms with E-state index in [4.69, 9.17) is 10.5 Å². The first kappa shape index (κ1) is 14.0. The number of ether oxygens (including phenoxy) is 1. The summed E-state index contributed by atoms with van der Waals surface area (Å²) in [4.78, 5) is 11.8. The number of benzene rings is 1. The maximum atomic E-state index is 11.8. The van der Waals surface area contributed by atoms with Gasteiger partial charge in [-0.25, -0.2) is 0 Å². The van der Waals surface area contributed by atoms with Gasteiger partial charge in [-0.2, -0.15) is 0 Å². The standard InChI is InChI=1S/C15H22N2O2/c16-14(13-5-2-1-3-6-13)15(18)17-9-4-10-19-11-12-7-8-12/h1-3,5-6,12,14H,4,7-11,16H2,(H,17,18)/t14-/m0/s1. The first-order chi connectivity index (χ1) is 9.27. The Balaban J connectivity index is 1.58. The molecule has 0 bridgehead atoms. The van der Waals surface area contributed by atoms with Gasteiger partial charge in [0.05, 0.1) is 0 Å². The second-order valence-electron chi connectivity index (χ2n) is 5.05. The summed E-state index contributed by atoms with van der Waals surface area (Å²) in [6, 6.07) is 8.81. The van der Waals surface area contributed by atoms with E-state index in [0.29, 0.717) is 13.2 Å². The number of rotatable bonds is 8. The zero-order chi connectivity index (χ0) is 13.5. The first-order valence-electron chi connectivity index (χ1n) is 6.93. The highest BCUT2D eigenvalue weighted by Crippen LogP contribution is 2.28. The maximum Gasteiger partial charge on any atom is 0.241 e. The van der Waals surface area contributed by atoms with E-state index in [2.05, 4.69) is 5.32 Å². The number of hydrogen-bond acceptors (Lipinski definition) is 3. The SMILES string of the molecule is N[C@H](C(=O)NCCCOCC1CC1)c1ccccc1. The Morgan fingerprint density at radius 3 is 2.79 bits per heavy atom. The van der Waals surface area contributed by atoms with Crippen LogP contribution in [0.2, 0.25) is 0 Å². The third-order valence-electron chi connectivity index (χ3n) is 3.26. The second kappa shape index (κ2) is 7.26. The third kappa shape index (κ3) is 5.01. The molecule has 0 spiro atoms. The fourth-order valence-electron chi connectivity index (χ4n) is 1.84. The van der Waals surface area contributed by atoms with Gasteiger partial charge in [-0.1, -0.05) is 30.3 Å². The molecule has 0 radical (unpaired) electrons. The number of carbonyl (C=O) groups excluding carboxylic acids is 1. The van der Waals surface area contributed by atoms with E-state index in [0.717, 1.165) is 24.5 Å². The smallest absolute Gasteiger partial charge is 0.241 e. The molecule has 0 saturated heterocycles. The van der Waals surface area contributed by atoms with Gasteiger partial charge in [-0.3, -0.25) is 4.79 Å². The fraction of sp³-hybridized carbons (Fsp3) is 0.533. The van der Waals surface area contributed by atoms with E-state index < -0.39 is 6.04 Å². The van der Waals surface area contributed by atoms with Crippen LogP contribution in [0.1, 0.15) is 30.9 Å². The molecule has 0 heterocycles. The van der Waals surface area contributed by atoms with Crippen LogP contribution in [0.3, 0.4) is 0 Å². The Hall–Kier alpha value is -1.39. The lowest BCUT2D eigenvalue weighted by atomic mass is 10.1. The van der Waals surface area contributed by atoms with Crippen LogP contribution in [0.5, 0.6) is 0 Å². The number of amides is 1. The van der Waals surface area contributed by atoms with Crippen molar-refractivity contribution in [1.29, 1.82) is 0 Å². The van der Waals surface area contributed by atoms with E-state index >= 15 is 0 Å². The summed E-state index contributed by atoms with van der Waals surface area (Å²) in [6.45, 7) is 2.19. The summed E-state index contributed by atoms with van der Waals surface area (Å²) in [6.07, 6.45) is 3.45. The Bertz CT molecular complexity index is 390. The molecule has 0 unspecified atom stereocenters. The molecular weight excluding hydrogens is 240 g/mol. The molecule has 104 valence electrons. The Morgan fingerprint density at radius 1 is 1.37 bits per heavy atom. The summed E-state index contributed by atoms with van der Waals surface area (Å²) in [5.41, 5.74) is 6.72. The molecule has 3 N–H and O–H groups in total. The van der Waals surface area contributed by atoms with Crippen LogP contribution in [-0.4, -0.2) is 25.7 Å². The first-order valence-corrected chi connectivity index (χ1v) is 6.93. The highest BCUT2D eigenvalue weighted by Gasteiger charge is 2.20. The minimum atomic E-state index is -0.589. The van der Waals surface area contributed by atoms with Crippen LogP contribution >= 0.6 is 0 Å².